The lowest BCUT2D eigenvalue weighted by atomic mass is 10.2. The van der Waals surface area contributed by atoms with Crippen molar-refractivity contribution in [3.63, 3.8) is 0 Å². The standard InChI is InChI=1S/C10H16N2O2S/c1-4-9(14-3)10(13)12(2)5-8-6-15-7-11-8/h6-7,9H,4-5H2,1-3H3. The summed E-state index contributed by atoms with van der Waals surface area (Å²) in [7, 11) is 3.33. The Morgan fingerprint density at radius 1 is 1.73 bits per heavy atom. The molecule has 0 aromatic carbocycles. The first-order valence-electron chi connectivity index (χ1n) is 4.83. The van der Waals surface area contributed by atoms with Crippen molar-refractivity contribution in [1.82, 2.24) is 9.88 Å². The van der Waals surface area contributed by atoms with E-state index in [2.05, 4.69) is 4.98 Å². The van der Waals surface area contributed by atoms with E-state index >= 15 is 0 Å². The van der Waals surface area contributed by atoms with E-state index in [1.807, 2.05) is 12.3 Å². The van der Waals surface area contributed by atoms with Crippen LogP contribution in [0, 0.1) is 0 Å². The topological polar surface area (TPSA) is 42.4 Å². The Hall–Kier alpha value is -0.940. The summed E-state index contributed by atoms with van der Waals surface area (Å²) in [5, 5.41) is 1.94. The maximum Gasteiger partial charge on any atom is 0.251 e. The third-order valence-corrected chi connectivity index (χ3v) is 2.82. The van der Waals surface area contributed by atoms with Crippen molar-refractivity contribution < 1.29 is 9.53 Å². The van der Waals surface area contributed by atoms with Gasteiger partial charge in [0.2, 0.25) is 0 Å². The number of thiazole rings is 1. The van der Waals surface area contributed by atoms with Crippen LogP contribution >= 0.6 is 11.3 Å². The van der Waals surface area contributed by atoms with Gasteiger partial charge in [0, 0.05) is 19.5 Å². The quantitative estimate of drug-likeness (QED) is 0.767. The molecule has 0 saturated heterocycles. The molecule has 0 aliphatic heterocycles. The van der Waals surface area contributed by atoms with E-state index in [1.165, 1.54) is 11.3 Å². The van der Waals surface area contributed by atoms with Gasteiger partial charge in [0.05, 0.1) is 17.7 Å². The lowest BCUT2D eigenvalue weighted by molar-refractivity contribution is -0.141. The number of hydrogen-bond acceptors (Lipinski definition) is 4. The highest BCUT2D eigenvalue weighted by atomic mass is 32.1. The molecule has 0 N–H and O–H groups in total. The molecule has 1 aromatic rings. The van der Waals surface area contributed by atoms with Gasteiger partial charge in [0.15, 0.2) is 0 Å². The Labute approximate surface area is 93.9 Å². The van der Waals surface area contributed by atoms with Gasteiger partial charge < -0.3 is 9.64 Å². The molecule has 1 atom stereocenters. The minimum Gasteiger partial charge on any atom is -0.372 e. The van der Waals surface area contributed by atoms with Crippen LogP contribution in [0.15, 0.2) is 10.9 Å². The third kappa shape index (κ3) is 3.28. The summed E-state index contributed by atoms with van der Waals surface area (Å²) in [6.07, 6.45) is 0.352. The van der Waals surface area contributed by atoms with E-state index in [0.717, 1.165) is 5.69 Å². The van der Waals surface area contributed by atoms with Crippen LogP contribution in [0.3, 0.4) is 0 Å². The predicted octanol–water partition coefficient (Wildman–Crippen LogP) is 1.53. The van der Waals surface area contributed by atoms with Gasteiger partial charge >= 0.3 is 0 Å². The molecule has 1 aromatic heterocycles. The van der Waals surface area contributed by atoms with Crippen molar-refractivity contribution in [3.8, 4) is 0 Å². The molecule has 0 bridgehead atoms. The smallest absolute Gasteiger partial charge is 0.251 e. The fourth-order valence-electron chi connectivity index (χ4n) is 1.32. The summed E-state index contributed by atoms with van der Waals surface area (Å²) in [6, 6.07) is 0. The summed E-state index contributed by atoms with van der Waals surface area (Å²) in [5.41, 5.74) is 2.68. The van der Waals surface area contributed by atoms with Gasteiger partial charge in [-0.3, -0.25) is 4.79 Å². The van der Waals surface area contributed by atoms with E-state index in [1.54, 1.807) is 24.6 Å². The molecular weight excluding hydrogens is 212 g/mol. The number of likely N-dealkylation sites (N-methyl/N-ethyl adjacent to an activating group) is 1. The highest BCUT2D eigenvalue weighted by molar-refractivity contribution is 7.07. The molecular formula is C10H16N2O2S. The number of methoxy groups -OCH3 is 1. The summed E-state index contributed by atoms with van der Waals surface area (Å²) in [6.45, 7) is 2.48. The summed E-state index contributed by atoms with van der Waals surface area (Å²) < 4.78 is 5.09. The summed E-state index contributed by atoms with van der Waals surface area (Å²) >= 11 is 1.53. The van der Waals surface area contributed by atoms with Gasteiger partial charge in [0.1, 0.15) is 6.10 Å². The number of hydrogen-bond donors (Lipinski definition) is 0. The minimum absolute atomic E-state index is 0.00741. The summed E-state index contributed by atoms with van der Waals surface area (Å²) in [4.78, 5) is 17.6. The van der Waals surface area contributed by atoms with E-state index in [9.17, 15) is 4.79 Å². The van der Waals surface area contributed by atoms with Gasteiger partial charge in [-0.15, -0.1) is 11.3 Å². The Morgan fingerprint density at radius 3 is 2.93 bits per heavy atom. The average molecular weight is 228 g/mol. The Balaban J connectivity index is 2.53. The second kappa shape index (κ2) is 5.82. The van der Waals surface area contributed by atoms with Crippen LogP contribution in [0.2, 0.25) is 0 Å². The molecule has 1 rings (SSSR count). The SMILES string of the molecule is CCC(OC)C(=O)N(C)Cc1cscn1. The van der Waals surface area contributed by atoms with Crippen LogP contribution in [-0.4, -0.2) is 36.1 Å². The first-order valence-corrected chi connectivity index (χ1v) is 5.78. The maximum absolute atomic E-state index is 11.8. The van der Waals surface area contributed by atoms with Gasteiger partial charge in [-0.05, 0) is 6.42 Å². The van der Waals surface area contributed by atoms with Gasteiger partial charge in [-0.1, -0.05) is 6.92 Å². The normalized spacial score (nSPS) is 12.5. The second-order valence-electron chi connectivity index (χ2n) is 3.31. The van der Waals surface area contributed by atoms with Crippen molar-refractivity contribution in [2.45, 2.75) is 26.0 Å². The van der Waals surface area contributed by atoms with Crippen molar-refractivity contribution in [2.24, 2.45) is 0 Å². The number of amides is 1. The van der Waals surface area contributed by atoms with Crippen LogP contribution < -0.4 is 0 Å². The highest BCUT2D eigenvalue weighted by Gasteiger charge is 2.19. The average Bonchev–Trinajstić information content (AvgIpc) is 2.72. The van der Waals surface area contributed by atoms with Crippen molar-refractivity contribution in [2.75, 3.05) is 14.2 Å². The molecule has 0 spiro atoms. The monoisotopic (exact) mass is 228 g/mol. The highest BCUT2D eigenvalue weighted by Crippen LogP contribution is 2.07. The van der Waals surface area contributed by atoms with Gasteiger partial charge in [-0.25, -0.2) is 4.98 Å². The van der Waals surface area contributed by atoms with E-state index in [0.29, 0.717) is 13.0 Å². The Morgan fingerprint density at radius 2 is 2.47 bits per heavy atom. The zero-order valence-corrected chi connectivity index (χ0v) is 10.1. The Bertz CT molecular complexity index is 296. The zero-order chi connectivity index (χ0) is 11.3. The van der Waals surface area contributed by atoms with Crippen LogP contribution in [0.4, 0.5) is 0 Å². The molecule has 0 aliphatic rings. The molecule has 0 radical (unpaired) electrons. The van der Waals surface area contributed by atoms with Crippen LogP contribution in [0.5, 0.6) is 0 Å². The maximum atomic E-state index is 11.8. The van der Waals surface area contributed by atoms with Crippen LogP contribution in [-0.2, 0) is 16.1 Å². The molecule has 0 fully saturated rings. The first-order chi connectivity index (χ1) is 7.19. The molecule has 5 heteroatoms. The molecule has 1 heterocycles. The summed E-state index contributed by atoms with van der Waals surface area (Å²) in [5.74, 6) is 0.00741. The fourth-order valence-corrected chi connectivity index (χ4v) is 1.87. The van der Waals surface area contributed by atoms with Crippen molar-refractivity contribution in [1.29, 1.82) is 0 Å². The number of ether oxygens (including phenoxy) is 1. The molecule has 4 nitrogen and oxygen atoms in total. The first kappa shape index (κ1) is 12.1. The number of nitrogens with zero attached hydrogens (tertiary/aromatic N) is 2. The minimum atomic E-state index is -0.339. The lowest BCUT2D eigenvalue weighted by Crippen LogP contribution is -2.36. The predicted molar refractivity (Wildman–Crippen MR) is 59.7 cm³/mol. The molecule has 0 aliphatic carbocycles. The van der Waals surface area contributed by atoms with E-state index in [4.69, 9.17) is 4.74 Å². The van der Waals surface area contributed by atoms with Crippen molar-refractivity contribution in [3.05, 3.63) is 16.6 Å². The number of carbonyl (C=O) groups is 1. The molecule has 1 amide bonds. The van der Waals surface area contributed by atoms with E-state index < -0.39 is 0 Å². The zero-order valence-electron chi connectivity index (χ0n) is 9.27. The largest absolute Gasteiger partial charge is 0.372 e. The van der Waals surface area contributed by atoms with Gasteiger partial charge in [0.25, 0.3) is 5.91 Å². The number of carbonyl (C=O) groups excluding carboxylic acids is 1. The third-order valence-electron chi connectivity index (χ3n) is 2.19. The van der Waals surface area contributed by atoms with Crippen molar-refractivity contribution >= 4 is 17.2 Å². The van der Waals surface area contributed by atoms with Crippen LogP contribution in [0.1, 0.15) is 19.0 Å². The second-order valence-corrected chi connectivity index (χ2v) is 4.03. The molecule has 15 heavy (non-hydrogen) atoms. The molecule has 0 saturated carbocycles. The molecule has 1 unspecified atom stereocenters. The van der Waals surface area contributed by atoms with Gasteiger partial charge in [-0.2, -0.15) is 0 Å². The fraction of sp³-hybridized carbons (Fsp3) is 0.600. The van der Waals surface area contributed by atoms with Crippen LogP contribution in [0.25, 0.3) is 0 Å². The Kier molecular flexibility index (Phi) is 4.71. The molecule has 84 valence electrons. The number of rotatable bonds is 5. The van der Waals surface area contributed by atoms with E-state index in [-0.39, 0.29) is 12.0 Å². The number of aromatic nitrogens is 1. The lowest BCUT2D eigenvalue weighted by Gasteiger charge is -2.21.